The highest BCUT2D eigenvalue weighted by molar-refractivity contribution is 7.99. The van der Waals surface area contributed by atoms with Crippen LogP contribution < -0.4 is 14.8 Å². The Labute approximate surface area is 219 Å². The smallest absolute Gasteiger partial charge is 0.197 e. The molecule has 0 fully saturated rings. The van der Waals surface area contributed by atoms with Crippen LogP contribution in [0.1, 0.15) is 34.0 Å². The molecule has 0 saturated carbocycles. The molecule has 0 unspecified atom stereocenters. The first kappa shape index (κ1) is 25.8. The lowest BCUT2D eigenvalue weighted by Crippen LogP contribution is -2.19. The van der Waals surface area contributed by atoms with E-state index in [9.17, 15) is 0 Å². The third-order valence-electron chi connectivity index (χ3n) is 5.49. The summed E-state index contributed by atoms with van der Waals surface area (Å²) in [7, 11) is 4.15. The molecule has 0 amide bonds. The molecule has 4 rings (SSSR count). The van der Waals surface area contributed by atoms with Gasteiger partial charge in [0.25, 0.3) is 0 Å². The summed E-state index contributed by atoms with van der Waals surface area (Å²) in [5.74, 6) is 3.73. The number of aliphatic imine (C=N–C) groups is 1. The van der Waals surface area contributed by atoms with E-state index in [2.05, 4.69) is 49.4 Å². The maximum absolute atomic E-state index is 6.24. The Morgan fingerprint density at radius 1 is 1.06 bits per heavy atom. The van der Waals surface area contributed by atoms with E-state index in [4.69, 9.17) is 19.5 Å². The molecule has 0 atom stereocenters. The van der Waals surface area contributed by atoms with Crippen molar-refractivity contribution < 1.29 is 10.9 Å². The van der Waals surface area contributed by atoms with Gasteiger partial charge in [0.05, 0.1) is 6.61 Å². The molecule has 0 spiro atoms. The van der Waals surface area contributed by atoms with Gasteiger partial charge in [-0.2, -0.15) is 0 Å². The first-order valence-corrected chi connectivity index (χ1v) is 13.2. The van der Waals surface area contributed by atoms with E-state index >= 15 is 0 Å². The van der Waals surface area contributed by atoms with Gasteiger partial charge in [0.2, 0.25) is 0 Å². The average molecular weight is 505 g/mol. The maximum atomic E-state index is 6.24. The second-order valence-corrected chi connectivity index (χ2v) is 10.1. The summed E-state index contributed by atoms with van der Waals surface area (Å²) >= 11 is 1.63. The van der Waals surface area contributed by atoms with Crippen molar-refractivity contribution in [1.29, 1.82) is 0 Å². The normalized spacial score (nSPS) is 14.8. The fourth-order valence-corrected chi connectivity index (χ4v) is 4.59. The molecular formula is C29H36N4O2S. The van der Waals surface area contributed by atoms with E-state index in [1.165, 1.54) is 0 Å². The zero-order valence-corrected chi connectivity index (χ0v) is 22.1. The summed E-state index contributed by atoms with van der Waals surface area (Å²) in [6.07, 6.45) is 8.02. The Balaban J connectivity index is 0.00000380. The van der Waals surface area contributed by atoms with Crippen LogP contribution in [0, 0.1) is 0 Å². The zero-order valence-electron chi connectivity index (χ0n) is 21.2. The highest BCUT2D eigenvalue weighted by Gasteiger charge is 2.12. The molecule has 0 radical (unpaired) electrons. The second kappa shape index (κ2) is 13.1. The fraction of sp³-hybridized carbons (Fsp3) is 0.310. The highest BCUT2D eigenvalue weighted by Crippen LogP contribution is 2.37. The summed E-state index contributed by atoms with van der Waals surface area (Å²) in [4.78, 5) is 13.7. The standard InChI is InChI=1S/C29H34N4O2S.H2/c1-22-11-7-8-16-28(31-22)32-29-27(35-23-12-5-4-6-13-23)20-26(21-30-29)36-25-15-9-14-24(19-25)34-18-10-17-33(2)3;/h4-6,9,11-15,19-21H,7-8,10,16-18H2,1-3H3,(H,30,31,32);1H. The summed E-state index contributed by atoms with van der Waals surface area (Å²) in [6.45, 7) is 3.77. The molecule has 0 bridgehead atoms. The van der Waals surface area contributed by atoms with E-state index in [0.717, 1.165) is 65.1 Å². The lowest BCUT2D eigenvalue weighted by Gasteiger charge is -2.13. The number of para-hydroxylation sites is 1. The molecule has 36 heavy (non-hydrogen) atoms. The molecule has 190 valence electrons. The number of hydrogen-bond acceptors (Lipinski definition) is 6. The third-order valence-corrected chi connectivity index (χ3v) is 6.44. The van der Waals surface area contributed by atoms with Crippen LogP contribution in [0.4, 0.5) is 5.82 Å². The van der Waals surface area contributed by atoms with Gasteiger partial charge in [0, 0.05) is 42.1 Å². The fourth-order valence-electron chi connectivity index (χ4n) is 3.73. The Kier molecular flexibility index (Phi) is 9.41. The Hall–Kier alpha value is -3.29. The molecule has 3 aromatic rings. The highest BCUT2D eigenvalue weighted by atomic mass is 32.2. The summed E-state index contributed by atoms with van der Waals surface area (Å²) in [6, 6.07) is 19.9. The first-order valence-electron chi connectivity index (χ1n) is 12.3. The number of amidine groups is 1. The first-order chi connectivity index (χ1) is 17.5. The average Bonchev–Trinajstić information content (AvgIpc) is 3.08. The topological polar surface area (TPSA) is 59.0 Å². The zero-order chi connectivity index (χ0) is 25.2. The second-order valence-electron chi connectivity index (χ2n) is 8.95. The minimum Gasteiger partial charge on any atom is -0.494 e. The monoisotopic (exact) mass is 504 g/mol. The number of hydrogen-bond donors (Lipinski definition) is 1. The van der Waals surface area contributed by atoms with Crippen LogP contribution in [-0.4, -0.2) is 43.0 Å². The van der Waals surface area contributed by atoms with E-state index in [-0.39, 0.29) is 1.43 Å². The van der Waals surface area contributed by atoms with Gasteiger partial charge in [0.1, 0.15) is 17.3 Å². The number of nitrogens with zero attached hydrogens (tertiary/aromatic N) is 3. The molecular weight excluding hydrogens is 468 g/mol. The SMILES string of the molecule is CC1=CCCC/C(=N\c2ncc(Sc3cccc(OCCCN(C)C)c3)cc2Oc2ccccc2)N1.[HH]. The van der Waals surface area contributed by atoms with Crippen molar-refractivity contribution >= 4 is 23.4 Å². The third kappa shape index (κ3) is 8.14. The molecule has 7 heteroatoms. The van der Waals surface area contributed by atoms with Crippen molar-refractivity contribution in [3.8, 4) is 17.2 Å². The van der Waals surface area contributed by atoms with Crippen molar-refractivity contribution in [3.05, 3.63) is 78.6 Å². The number of allylic oxidation sites excluding steroid dienone is 2. The van der Waals surface area contributed by atoms with Crippen molar-refractivity contribution in [3.63, 3.8) is 0 Å². The van der Waals surface area contributed by atoms with Crippen LogP contribution >= 0.6 is 11.8 Å². The van der Waals surface area contributed by atoms with Crippen molar-refractivity contribution in [1.82, 2.24) is 15.2 Å². The predicted octanol–water partition coefficient (Wildman–Crippen LogP) is 7.31. The van der Waals surface area contributed by atoms with Gasteiger partial charge in [-0.15, -0.1) is 0 Å². The molecule has 2 heterocycles. The number of ether oxygens (including phenoxy) is 2. The number of nitrogens with one attached hydrogen (secondary N) is 1. The van der Waals surface area contributed by atoms with Crippen LogP contribution in [0.25, 0.3) is 0 Å². The van der Waals surface area contributed by atoms with Gasteiger partial charge in [-0.1, -0.05) is 42.1 Å². The quantitative estimate of drug-likeness (QED) is 0.292. The van der Waals surface area contributed by atoms with E-state index in [0.29, 0.717) is 18.2 Å². The van der Waals surface area contributed by atoms with Crippen molar-refractivity contribution in [2.75, 3.05) is 27.2 Å². The van der Waals surface area contributed by atoms with Gasteiger partial charge in [-0.3, -0.25) is 0 Å². The predicted molar refractivity (Wildman–Crippen MR) is 150 cm³/mol. The maximum Gasteiger partial charge on any atom is 0.197 e. The largest absolute Gasteiger partial charge is 0.494 e. The van der Waals surface area contributed by atoms with E-state index in [1.54, 1.807) is 11.8 Å². The number of rotatable bonds is 10. The molecule has 0 aliphatic carbocycles. The van der Waals surface area contributed by atoms with Gasteiger partial charge in [-0.05, 0) is 70.6 Å². The van der Waals surface area contributed by atoms with Gasteiger partial charge >= 0.3 is 0 Å². The number of benzene rings is 2. The molecule has 1 aliphatic rings. The molecule has 1 aromatic heterocycles. The summed E-state index contributed by atoms with van der Waals surface area (Å²) in [5.41, 5.74) is 1.12. The van der Waals surface area contributed by atoms with Crippen LogP contribution in [0.5, 0.6) is 17.2 Å². The lowest BCUT2D eigenvalue weighted by atomic mass is 10.2. The molecule has 2 aromatic carbocycles. The lowest BCUT2D eigenvalue weighted by molar-refractivity contribution is 0.281. The van der Waals surface area contributed by atoms with Crippen LogP contribution in [0.15, 0.2) is 93.4 Å². The Morgan fingerprint density at radius 3 is 2.72 bits per heavy atom. The van der Waals surface area contributed by atoms with Crippen molar-refractivity contribution in [2.24, 2.45) is 4.99 Å². The van der Waals surface area contributed by atoms with Gasteiger partial charge in [0.15, 0.2) is 11.6 Å². The van der Waals surface area contributed by atoms with Crippen LogP contribution in [0.3, 0.4) is 0 Å². The van der Waals surface area contributed by atoms with E-state index in [1.807, 2.05) is 54.7 Å². The minimum atomic E-state index is 0. The molecule has 0 saturated heterocycles. The molecule has 1 N–H and O–H groups in total. The van der Waals surface area contributed by atoms with Crippen LogP contribution in [-0.2, 0) is 0 Å². The summed E-state index contributed by atoms with van der Waals surface area (Å²) in [5, 5.41) is 3.40. The van der Waals surface area contributed by atoms with E-state index < -0.39 is 0 Å². The van der Waals surface area contributed by atoms with Gasteiger partial charge < -0.3 is 19.7 Å². The Morgan fingerprint density at radius 2 is 1.89 bits per heavy atom. The van der Waals surface area contributed by atoms with Gasteiger partial charge in [-0.25, -0.2) is 9.98 Å². The Bertz CT molecular complexity index is 1200. The summed E-state index contributed by atoms with van der Waals surface area (Å²) < 4.78 is 12.2. The number of pyridine rings is 1. The molecule has 6 nitrogen and oxygen atoms in total. The minimum absolute atomic E-state index is 0. The molecule has 1 aliphatic heterocycles. The number of aromatic nitrogens is 1. The van der Waals surface area contributed by atoms with Crippen LogP contribution in [0.2, 0.25) is 0 Å². The van der Waals surface area contributed by atoms with Crippen molar-refractivity contribution in [2.45, 2.75) is 42.4 Å².